The quantitative estimate of drug-likeness (QED) is 0.336. The van der Waals surface area contributed by atoms with E-state index in [1.54, 1.807) is 0 Å². The van der Waals surface area contributed by atoms with Crippen LogP contribution >= 0.6 is 11.8 Å². The lowest BCUT2D eigenvalue weighted by Gasteiger charge is -2.59. The van der Waals surface area contributed by atoms with Crippen molar-refractivity contribution in [1.82, 2.24) is 10.2 Å². The number of ether oxygens (including phenoxy) is 5. The van der Waals surface area contributed by atoms with Gasteiger partial charge in [-0.3, -0.25) is 14.5 Å². The molecule has 4 unspecified atom stereocenters. The number of rotatable bonds is 2. The smallest absolute Gasteiger partial charge is 0.323 e. The van der Waals surface area contributed by atoms with Crippen molar-refractivity contribution in [3.8, 4) is 34.8 Å². The third kappa shape index (κ3) is 4.00. The lowest BCUT2D eigenvalue weighted by Crippen LogP contribution is -2.69. The maximum Gasteiger partial charge on any atom is 0.323 e. The first-order valence-electron chi connectivity index (χ1n) is 14.2. The standard InChI is InChI=1S/C30H32N4O8S/c1-11-5-14-6-16-17(7-31)34-18-8-39-30(37)15(32)9-43-29(23(34)22(33-16)19(14)24(36)25(11)38-4)21-20(18)28-27(40-10-41-28)12(2)26(21)42-13(3)35/h5,15-18,22-23,29,33,36H,6,8-10,32H2,1-4H3/t15?,16?,17-,18-,22?,23?,29+/m0/s1. The zero-order chi connectivity index (χ0) is 30.3. The van der Waals surface area contributed by atoms with Gasteiger partial charge in [-0.1, -0.05) is 6.07 Å². The molecule has 2 aromatic carbocycles. The highest BCUT2D eigenvalue weighted by Gasteiger charge is 2.58. The molecule has 43 heavy (non-hydrogen) atoms. The number of phenols is 1. The van der Waals surface area contributed by atoms with E-state index in [4.69, 9.17) is 29.4 Å². The number of nitrogens with one attached hydrogen (secondary N) is 1. The number of benzene rings is 2. The van der Waals surface area contributed by atoms with Gasteiger partial charge in [-0.25, -0.2) is 0 Å². The number of esters is 2. The van der Waals surface area contributed by atoms with Gasteiger partial charge in [-0.2, -0.15) is 5.26 Å². The molecule has 2 saturated heterocycles. The molecule has 2 aromatic rings. The molecular formula is C30H32N4O8S. The van der Waals surface area contributed by atoms with E-state index in [1.165, 1.54) is 25.8 Å². The number of carbonyl (C=O) groups excluding carboxylic acids is 2. The molecule has 0 aromatic heterocycles. The van der Waals surface area contributed by atoms with E-state index in [9.17, 15) is 20.0 Å². The molecule has 4 N–H and O–H groups in total. The average Bonchev–Trinajstić information content (AvgIpc) is 3.46. The maximum absolute atomic E-state index is 12.9. The zero-order valence-corrected chi connectivity index (χ0v) is 24.9. The normalized spacial score (nSPS) is 30.3. The first-order valence-corrected chi connectivity index (χ1v) is 15.2. The van der Waals surface area contributed by atoms with Gasteiger partial charge < -0.3 is 39.8 Å². The second kappa shape index (κ2) is 10.2. The van der Waals surface area contributed by atoms with Crippen LogP contribution < -0.4 is 30.0 Å². The molecule has 12 nitrogen and oxygen atoms in total. The number of phenolic OH excluding ortho intramolecular Hbond substituents is 1. The number of thioether (sulfide) groups is 1. The van der Waals surface area contributed by atoms with E-state index in [2.05, 4.69) is 16.3 Å². The molecule has 0 aliphatic carbocycles. The fourth-order valence-electron chi connectivity index (χ4n) is 7.59. The van der Waals surface area contributed by atoms with E-state index in [-0.39, 0.29) is 30.9 Å². The summed E-state index contributed by atoms with van der Waals surface area (Å²) in [6.07, 6.45) is 0.498. The number of hydrogen-bond donors (Lipinski definition) is 3. The van der Waals surface area contributed by atoms with Crippen LogP contribution in [0.2, 0.25) is 0 Å². The van der Waals surface area contributed by atoms with Crippen molar-refractivity contribution in [2.75, 3.05) is 26.3 Å². The Labute approximate surface area is 252 Å². The monoisotopic (exact) mass is 608 g/mol. The summed E-state index contributed by atoms with van der Waals surface area (Å²) in [5.41, 5.74) is 10.7. The first-order chi connectivity index (χ1) is 20.7. The predicted molar refractivity (Wildman–Crippen MR) is 153 cm³/mol. The van der Waals surface area contributed by atoms with Gasteiger partial charge in [0.15, 0.2) is 23.0 Å². The Hall–Kier alpha value is -3.70. The van der Waals surface area contributed by atoms with E-state index in [1.807, 2.05) is 19.9 Å². The lowest BCUT2D eigenvalue weighted by molar-refractivity contribution is -0.148. The maximum atomic E-state index is 12.9. The van der Waals surface area contributed by atoms with Crippen molar-refractivity contribution in [1.29, 1.82) is 5.26 Å². The third-order valence-corrected chi connectivity index (χ3v) is 10.6. The number of nitrogens with zero attached hydrogens (tertiary/aromatic N) is 2. The molecule has 7 rings (SSSR count). The highest BCUT2D eigenvalue weighted by atomic mass is 32.2. The van der Waals surface area contributed by atoms with Gasteiger partial charge in [0.2, 0.25) is 6.79 Å². The summed E-state index contributed by atoms with van der Waals surface area (Å²) in [7, 11) is 1.52. The van der Waals surface area contributed by atoms with Crippen LogP contribution in [0.1, 0.15) is 57.6 Å². The Morgan fingerprint density at radius 3 is 2.70 bits per heavy atom. The van der Waals surface area contributed by atoms with Crippen LogP contribution in [0.15, 0.2) is 6.07 Å². The minimum absolute atomic E-state index is 0.0281. The van der Waals surface area contributed by atoms with Crippen LogP contribution in [0, 0.1) is 25.2 Å². The van der Waals surface area contributed by atoms with Crippen molar-refractivity contribution in [3.05, 3.63) is 39.4 Å². The first kappa shape index (κ1) is 28.1. The number of piperazine rings is 1. The average molecular weight is 609 g/mol. The van der Waals surface area contributed by atoms with Crippen molar-refractivity contribution in [3.63, 3.8) is 0 Å². The van der Waals surface area contributed by atoms with Gasteiger partial charge in [-0.05, 0) is 31.4 Å². The second-order valence-electron chi connectivity index (χ2n) is 11.6. The van der Waals surface area contributed by atoms with Crippen molar-refractivity contribution in [2.24, 2.45) is 5.73 Å². The molecule has 0 amide bonds. The number of fused-ring (bicyclic) bond motifs is 9. The number of methoxy groups -OCH3 is 1. The van der Waals surface area contributed by atoms with Crippen LogP contribution in [0.25, 0.3) is 0 Å². The Morgan fingerprint density at radius 1 is 1.21 bits per heavy atom. The number of carbonyl (C=O) groups is 2. The van der Waals surface area contributed by atoms with Crippen molar-refractivity contribution < 1.29 is 38.4 Å². The van der Waals surface area contributed by atoms with Crippen LogP contribution in [0.3, 0.4) is 0 Å². The fraction of sp³-hybridized carbons (Fsp3) is 0.500. The molecule has 0 spiro atoms. The van der Waals surface area contributed by atoms with E-state index < -0.39 is 47.4 Å². The van der Waals surface area contributed by atoms with Gasteiger partial charge in [0.05, 0.1) is 30.5 Å². The predicted octanol–water partition coefficient (Wildman–Crippen LogP) is 2.22. The van der Waals surface area contributed by atoms with Crippen molar-refractivity contribution >= 4 is 23.7 Å². The molecular weight excluding hydrogens is 576 g/mol. The third-order valence-electron chi connectivity index (χ3n) is 9.18. The molecule has 5 heterocycles. The Bertz CT molecular complexity index is 1610. The molecule has 7 atom stereocenters. The lowest BCUT2D eigenvalue weighted by atomic mass is 9.72. The summed E-state index contributed by atoms with van der Waals surface area (Å²) in [6.45, 7) is 4.90. The van der Waals surface area contributed by atoms with Gasteiger partial charge >= 0.3 is 11.9 Å². The summed E-state index contributed by atoms with van der Waals surface area (Å²) in [5.74, 6) is 0.898. The van der Waals surface area contributed by atoms with Crippen molar-refractivity contribution in [2.45, 2.75) is 68.7 Å². The molecule has 13 heteroatoms. The number of aromatic hydroxyl groups is 1. The highest BCUT2D eigenvalue weighted by molar-refractivity contribution is 7.99. The van der Waals surface area contributed by atoms with Gasteiger partial charge in [0.25, 0.3) is 0 Å². The molecule has 4 bridgehead atoms. The summed E-state index contributed by atoms with van der Waals surface area (Å²) < 4.78 is 29.2. The van der Waals surface area contributed by atoms with E-state index >= 15 is 0 Å². The summed E-state index contributed by atoms with van der Waals surface area (Å²) >= 11 is 1.43. The SMILES string of the molecule is COc1c(C)cc2c(c1O)C1NC(C2)[C@H](C#N)N2C1[C@@H]1SCC(N)C(=O)OC[C@H]2c2c3c(c(C)c(OC(C)=O)c21)OCO3. The topological polar surface area (TPSA) is 166 Å². The van der Waals surface area contributed by atoms with Gasteiger partial charge in [0.1, 0.15) is 24.4 Å². The summed E-state index contributed by atoms with van der Waals surface area (Å²) in [6, 6.07) is 1.16. The molecule has 2 fully saturated rings. The van der Waals surface area contributed by atoms with E-state index in [0.717, 1.165) is 11.1 Å². The fourth-order valence-corrected chi connectivity index (χ4v) is 9.03. The van der Waals surface area contributed by atoms with Gasteiger partial charge in [0, 0.05) is 47.0 Å². The number of aryl methyl sites for hydroxylation is 1. The highest BCUT2D eigenvalue weighted by Crippen LogP contribution is 2.62. The van der Waals surface area contributed by atoms with Crippen LogP contribution in [-0.2, 0) is 20.7 Å². The molecule has 5 aliphatic heterocycles. The Morgan fingerprint density at radius 2 is 1.98 bits per heavy atom. The number of cyclic esters (lactones) is 1. The number of hydrogen-bond acceptors (Lipinski definition) is 13. The molecule has 0 radical (unpaired) electrons. The summed E-state index contributed by atoms with van der Waals surface area (Å²) in [4.78, 5) is 27.5. The minimum Gasteiger partial charge on any atom is -0.504 e. The van der Waals surface area contributed by atoms with Crippen LogP contribution in [0.5, 0.6) is 28.7 Å². The molecule has 226 valence electrons. The van der Waals surface area contributed by atoms with Crippen LogP contribution in [-0.4, -0.2) is 72.4 Å². The Balaban J connectivity index is 1.54. The largest absolute Gasteiger partial charge is 0.504 e. The zero-order valence-electron chi connectivity index (χ0n) is 24.1. The van der Waals surface area contributed by atoms with Gasteiger partial charge in [-0.15, -0.1) is 11.8 Å². The number of nitrogens with two attached hydrogens (primary N) is 1. The van der Waals surface area contributed by atoms with E-state index in [0.29, 0.717) is 51.7 Å². The Kier molecular flexibility index (Phi) is 6.66. The summed E-state index contributed by atoms with van der Waals surface area (Å²) in [5, 5.41) is 25.5. The molecule has 5 aliphatic rings. The molecule has 0 saturated carbocycles. The van der Waals surface area contributed by atoms with Crippen LogP contribution in [0.4, 0.5) is 0 Å². The number of nitriles is 1. The minimum atomic E-state index is -0.889. The second-order valence-corrected chi connectivity index (χ2v) is 12.7.